The van der Waals surface area contributed by atoms with Gasteiger partial charge >= 0.3 is 6.09 Å². The van der Waals surface area contributed by atoms with E-state index in [0.29, 0.717) is 61.1 Å². The molecule has 3 aromatic rings. The fraction of sp³-hybridized carbons (Fsp3) is 0.524. The molecule has 1 aromatic heterocycles. The largest absolute Gasteiger partial charge is 0.447 e. The SMILES string of the molecule is O=C1CCC(Nc2ccc(C3CCN(C4(C(=O)NC5CCC(Nc6ncc(F)c(-c7cccc(N8CCOC8=O)c7)n6)CC5)CCCCC4)CC3)c(F)c2)C(=O)N1. The number of carbonyl (C=O) groups excluding carboxylic acids is 4. The zero-order chi connectivity index (χ0) is 39.5. The average Bonchev–Trinajstić information content (AvgIpc) is 3.66. The third kappa shape index (κ3) is 8.44. The van der Waals surface area contributed by atoms with E-state index in [1.165, 1.54) is 11.0 Å². The van der Waals surface area contributed by atoms with Gasteiger partial charge in [-0.15, -0.1) is 0 Å². The van der Waals surface area contributed by atoms with E-state index in [-0.39, 0.29) is 47.7 Å². The molecule has 8 rings (SSSR count). The van der Waals surface area contributed by atoms with Crippen LogP contribution in [0.3, 0.4) is 0 Å². The molecule has 1 unspecified atom stereocenters. The second-order valence-electron chi connectivity index (χ2n) is 16.1. The highest BCUT2D eigenvalue weighted by molar-refractivity contribution is 6.01. The van der Waals surface area contributed by atoms with E-state index in [1.807, 2.05) is 0 Å². The third-order valence-corrected chi connectivity index (χ3v) is 12.6. The molecular formula is C42H50F2N8O5. The van der Waals surface area contributed by atoms with Crippen LogP contribution in [0.2, 0.25) is 0 Å². The minimum absolute atomic E-state index is 0.0272. The second kappa shape index (κ2) is 16.7. The lowest BCUT2D eigenvalue weighted by atomic mass is 9.76. The highest BCUT2D eigenvalue weighted by atomic mass is 19.1. The summed E-state index contributed by atoms with van der Waals surface area (Å²) in [7, 11) is 0. The summed E-state index contributed by atoms with van der Waals surface area (Å²) in [5.41, 5.74) is 1.88. The Morgan fingerprint density at radius 1 is 0.860 bits per heavy atom. The van der Waals surface area contributed by atoms with Crippen LogP contribution >= 0.6 is 0 Å². The molecule has 1 atom stereocenters. The molecule has 0 bridgehead atoms. The Balaban J connectivity index is 0.848. The van der Waals surface area contributed by atoms with Crippen LogP contribution in [-0.4, -0.2) is 88.6 Å². The number of hydrogen-bond donors (Lipinski definition) is 4. The van der Waals surface area contributed by atoms with Gasteiger partial charge in [-0.1, -0.05) is 37.5 Å². The molecule has 15 heteroatoms. The van der Waals surface area contributed by atoms with Gasteiger partial charge in [0.25, 0.3) is 0 Å². The lowest BCUT2D eigenvalue weighted by Crippen LogP contribution is -2.62. The number of nitrogens with zero attached hydrogens (tertiary/aromatic N) is 4. The molecule has 4 amide bonds. The summed E-state index contributed by atoms with van der Waals surface area (Å²) < 4.78 is 35.5. The number of likely N-dealkylation sites (tertiary alicyclic amines) is 1. The first-order chi connectivity index (χ1) is 27.6. The summed E-state index contributed by atoms with van der Waals surface area (Å²) in [5.74, 6) is -1.11. The van der Waals surface area contributed by atoms with Gasteiger partial charge in [0.05, 0.1) is 12.7 Å². The fourth-order valence-corrected chi connectivity index (χ4v) is 9.40. The van der Waals surface area contributed by atoms with Crippen LogP contribution in [0.1, 0.15) is 95.0 Å². The standard InChI is InChI=1S/C42H50F2N8O5/c43-33-24-30(46-35-13-14-36(53)49-38(35)54)11-12-32(33)26-15-19-51(20-16-26)42(17-2-1-3-18-42)39(55)47-28-7-9-29(10-8-28)48-40-45-25-34(44)37(50-40)27-5-4-6-31(23-27)52-21-22-57-41(52)56/h4-6,11-12,23-26,28-29,35,46H,1-3,7-10,13-22H2,(H,47,55)(H,45,48,50)(H,49,53,54). The number of hydrogen-bond acceptors (Lipinski definition) is 10. The molecule has 3 aliphatic heterocycles. The van der Waals surface area contributed by atoms with Crippen LogP contribution in [0, 0.1) is 11.6 Å². The van der Waals surface area contributed by atoms with Crippen molar-refractivity contribution in [2.75, 3.05) is 41.8 Å². The second-order valence-corrected chi connectivity index (χ2v) is 16.1. The van der Waals surface area contributed by atoms with Gasteiger partial charge in [-0.3, -0.25) is 29.5 Å². The number of piperidine rings is 2. The van der Waals surface area contributed by atoms with E-state index in [2.05, 4.69) is 36.1 Å². The quantitative estimate of drug-likeness (QED) is 0.179. The number of ether oxygens (including phenoxy) is 1. The molecule has 2 aliphatic carbocycles. The topological polar surface area (TPSA) is 158 Å². The van der Waals surface area contributed by atoms with Crippen LogP contribution < -0.4 is 26.2 Å². The Hall–Kier alpha value is -5.18. The monoisotopic (exact) mass is 784 g/mol. The average molecular weight is 785 g/mol. The molecule has 4 N–H and O–H groups in total. The molecule has 4 heterocycles. The highest BCUT2D eigenvalue weighted by Crippen LogP contribution is 2.40. The fourth-order valence-electron chi connectivity index (χ4n) is 9.40. The maximum absolute atomic E-state index is 15.5. The molecule has 2 saturated carbocycles. The number of rotatable bonds is 10. The minimum Gasteiger partial charge on any atom is -0.447 e. The summed E-state index contributed by atoms with van der Waals surface area (Å²) in [6.07, 6.45) is 10.7. The number of amides is 4. The summed E-state index contributed by atoms with van der Waals surface area (Å²) in [4.78, 5) is 62.6. The van der Waals surface area contributed by atoms with Gasteiger partial charge < -0.3 is 20.7 Å². The van der Waals surface area contributed by atoms with Crippen molar-refractivity contribution in [3.05, 3.63) is 65.9 Å². The first kappa shape index (κ1) is 38.7. The van der Waals surface area contributed by atoms with Gasteiger partial charge in [-0.2, -0.15) is 0 Å². The van der Waals surface area contributed by atoms with Crippen LogP contribution in [0.25, 0.3) is 11.3 Å². The van der Waals surface area contributed by atoms with Crippen molar-refractivity contribution >= 4 is 41.1 Å². The molecule has 5 fully saturated rings. The molecule has 5 aliphatic rings. The van der Waals surface area contributed by atoms with Crippen LogP contribution in [0.4, 0.5) is 30.9 Å². The lowest BCUT2D eigenvalue weighted by Gasteiger charge is -2.48. The zero-order valence-corrected chi connectivity index (χ0v) is 32.0. The Bertz CT molecular complexity index is 1990. The van der Waals surface area contributed by atoms with Crippen LogP contribution in [-0.2, 0) is 19.1 Å². The minimum atomic E-state index is -0.577. The number of cyclic esters (lactones) is 1. The third-order valence-electron chi connectivity index (χ3n) is 12.6. The predicted molar refractivity (Wildman–Crippen MR) is 209 cm³/mol. The van der Waals surface area contributed by atoms with Crippen molar-refractivity contribution in [1.29, 1.82) is 0 Å². The smallest absolute Gasteiger partial charge is 0.414 e. The highest BCUT2D eigenvalue weighted by Gasteiger charge is 2.46. The Kier molecular flexibility index (Phi) is 11.4. The Labute approximate surface area is 330 Å². The maximum Gasteiger partial charge on any atom is 0.414 e. The van der Waals surface area contributed by atoms with E-state index in [1.54, 1.807) is 36.4 Å². The summed E-state index contributed by atoms with van der Waals surface area (Å²) in [6.45, 7) is 2.15. The van der Waals surface area contributed by atoms with Crippen molar-refractivity contribution in [2.24, 2.45) is 0 Å². The zero-order valence-electron chi connectivity index (χ0n) is 32.0. The van der Waals surface area contributed by atoms with Crippen molar-refractivity contribution < 1.29 is 32.7 Å². The normalized spacial score (nSPS) is 24.4. The maximum atomic E-state index is 15.5. The van der Waals surface area contributed by atoms with E-state index in [9.17, 15) is 23.6 Å². The van der Waals surface area contributed by atoms with E-state index in [0.717, 1.165) is 76.8 Å². The van der Waals surface area contributed by atoms with Crippen molar-refractivity contribution in [3.63, 3.8) is 0 Å². The Morgan fingerprint density at radius 2 is 1.63 bits per heavy atom. The van der Waals surface area contributed by atoms with Gasteiger partial charge in [0.2, 0.25) is 23.7 Å². The van der Waals surface area contributed by atoms with Crippen molar-refractivity contribution in [3.8, 4) is 11.3 Å². The molecule has 57 heavy (non-hydrogen) atoms. The van der Waals surface area contributed by atoms with Gasteiger partial charge in [0.15, 0.2) is 5.82 Å². The van der Waals surface area contributed by atoms with Crippen molar-refractivity contribution in [1.82, 2.24) is 25.5 Å². The number of nitrogens with one attached hydrogen (secondary N) is 4. The summed E-state index contributed by atoms with van der Waals surface area (Å²) in [6, 6.07) is 11.6. The van der Waals surface area contributed by atoms with Gasteiger partial charge in [-0.25, -0.2) is 23.5 Å². The molecule has 0 radical (unpaired) electrons. The lowest BCUT2D eigenvalue weighted by molar-refractivity contribution is -0.138. The number of halogens is 2. The van der Waals surface area contributed by atoms with Crippen molar-refractivity contribution in [2.45, 2.75) is 113 Å². The summed E-state index contributed by atoms with van der Waals surface area (Å²) >= 11 is 0. The van der Waals surface area contributed by atoms with E-state index >= 15 is 4.39 Å². The number of imide groups is 1. The van der Waals surface area contributed by atoms with Gasteiger partial charge in [0.1, 0.15) is 29.7 Å². The number of carbonyl (C=O) groups is 4. The number of aromatic nitrogens is 2. The number of anilines is 3. The van der Waals surface area contributed by atoms with Crippen LogP contribution in [0.15, 0.2) is 48.7 Å². The molecule has 13 nitrogen and oxygen atoms in total. The molecule has 3 saturated heterocycles. The van der Waals surface area contributed by atoms with E-state index in [4.69, 9.17) is 4.74 Å². The molecular weight excluding hydrogens is 735 g/mol. The van der Waals surface area contributed by atoms with Gasteiger partial charge in [0, 0.05) is 35.4 Å². The first-order valence-corrected chi connectivity index (χ1v) is 20.4. The molecule has 302 valence electrons. The predicted octanol–water partition coefficient (Wildman–Crippen LogP) is 6.02. The van der Waals surface area contributed by atoms with Gasteiger partial charge in [-0.05, 0) is 107 Å². The van der Waals surface area contributed by atoms with Crippen LogP contribution in [0.5, 0.6) is 0 Å². The molecule has 0 spiro atoms. The Morgan fingerprint density at radius 3 is 2.35 bits per heavy atom. The molecule has 2 aromatic carbocycles. The number of benzene rings is 2. The first-order valence-electron chi connectivity index (χ1n) is 20.4. The summed E-state index contributed by atoms with van der Waals surface area (Å²) in [5, 5.41) is 12.2. The van der Waals surface area contributed by atoms with E-state index < -0.39 is 29.4 Å².